The van der Waals surface area contributed by atoms with Crippen molar-refractivity contribution in [1.82, 2.24) is 0 Å². The molecule has 1 aromatic rings. The average Bonchev–Trinajstić information content (AvgIpc) is 2.20. The fraction of sp³-hybridized carbons (Fsp3) is 0.200. The molecular formula is C10H10N2OS. The van der Waals surface area contributed by atoms with E-state index in [4.69, 9.17) is 5.26 Å². The van der Waals surface area contributed by atoms with E-state index in [0.29, 0.717) is 11.3 Å². The van der Waals surface area contributed by atoms with E-state index in [0.717, 1.165) is 5.56 Å². The highest BCUT2D eigenvalue weighted by atomic mass is 32.1. The summed E-state index contributed by atoms with van der Waals surface area (Å²) in [6, 6.07) is 7.27. The molecule has 4 heteroatoms. The van der Waals surface area contributed by atoms with Crippen LogP contribution in [0, 0.1) is 18.3 Å². The third kappa shape index (κ3) is 2.51. The first-order valence-electron chi connectivity index (χ1n) is 4.09. The Kier molecular flexibility index (Phi) is 3.55. The zero-order chi connectivity index (χ0) is 10.6. The van der Waals surface area contributed by atoms with Gasteiger partial charge in [0.1, 0.15) is 0 Å². The molecule has 1 amide bonds. The van der Waals surface area contributed by atoms with Gasteiger partial charge in [-0.1, -0.05) is 6.07 Å². The van der Waals surface area contributed by atoms with Gasteiger partial charge < -0.3 is 5.32 Å². The summed E-state index contributed by atoms with van der Waals surface area (Å²) >= 11 is 3.84. The molecule has 1 rings (SSSR count). The first-order valence-corrected chi connectivity index (χ1v) is 4.72. The molecule has 0 saturated carbocycles. The zero-order valence-electron chi connectivity index (χ0n) is 7.74. The number of hydrogen-bond donors (Lipinski definition) is 2. The number of carbonyl (C=O) groups excluding carboxylic acids is 1. The van der Waals surface area contributed by atoms with Crippen molar-refractivity contribution in [3.8, 4) is 6.07 Å². The molecule has 0 spiro atoms. The van der Waals surface area contributed by atoms with Gasteiger partial charge >= 0.3 is 0 Å². The molecule has 0 aliphatic heterocycles. The summed E-state index contributed by atoms with van der Waals surface area (Å²) in [5.41, 5.74) is 2.10. The predicted octanol–water partition coefficient (Wildman–Crippen LogP) is 1.73. The van der Waals surface area contributed by atoms with Crippen LogP contribution in [0.5, 0.6) is 0 Å². The molecule has 72 valence electrons. The van der Waals surface area contributed by atoms with Gasteiger partial charge in [-0.3, -0.25) is 4.79 Å². The lowest BCUT2D eigenvalue weighted by Gasteiger charge is -2.04. The van der Waals surface area contributed by atoms with Crippen molar-refractivity contribution in [3.05, 3.63) is 29.3 Å². The number of nitriles is 1. The van der Waals surface area contributed by atoms with Crippen molar-refractivity contribution >= 4 is 24.2 Å². The SMILES string of the molecule is Cc1ccc(NC(=O)CS)cc1C#N. The molecule has 1 aromatic carbocycles. The number of nitrogens with one attached hydrogen (secondary N) is 1. The Bertz CT molecular complexity index is 396. The maximum absolute atomic E-state index is 11.0. The van der Waals surface area contributed by atoms with Crippen LogP contribution in [0.4, 0.5) is 5.69 Å². The number of carbonyl (C=O) groups is 1. The van der Waals surface area contributed by atoms with Crippen molar-refractivity contribution in [2.24, 2.45) is 0 Å². The van der Waals surface area contributed by atoms with E-state index < -0.39 is 0 Å². The van der Waals surface area contributed by atoms with Gasteiger partial charge in [0.25, 0.3) is 0 Å². The molecule has 0 heterocycles. The summed E-state index contributed by atoms with van der Waals surface area (Å²) in [5, 5.41) is 11.4. The van der Waals surface area contributed by atoms with Crippen LogP contribution in [0.1, 0.15) is 11.1 Å². The minimum atomic E-state index is -0.180. The smallest absolute Gasteiger partial charge is 0.234 e. The van der Waals surface area contributed by atoms with E-state index in [2.05, 4.69) is 24.0 Å². The van der Waals surface area contributed by atoms with Gasteiger partial charge in [-0.15, -0.1) is 0 Å². The van der Waals surface area contributed by atoms with Crippen LogP contribution in [0.25, 0.3) is 0 Å². The Labute approximate surface area is 88.2 Å². The Morgan fingerprint density at radius 3 is 2.93 bits per heavy atom. The minimum Gasteiger partial charge on any atom is -0.325 e. The van der Waals surface area contributed by atoms with Crippen molar-refractivity contribution in [2.45, 2.75) is 6.92 Å². The van der Waals surface area contributed by atoms with Crippen LogP contribution in [0.3, 0.4) is 0 Å². The number of thiol groups is 1. The second-order valence-corrected chi connectivity index (χ2v) is 3.16. The summed E-state index contributed by atoms with van der Waals surface area (Å²) in [6.45, 7) is 1.85. The summed E-state index contributed by atoms with van der Waals surface area (Å²) in [6.07, 6.45) is 0. The molecule has 0 atom stereocenters. The number of anilines is 1. The van der Waals surface area contributed by atoms with E-state index in [-0.39, 0.29) is 11.7 Å². The molecule has 0 saturated heterocycles. The lowest BCUT2D eigenvalue weighted by Crippen LogP contribution is -2.12. The van der Waals surface area contributed by atoms with Crippen molar-refractivity contribution in [3.63, 3.8) is 0 Å². The highest BCUT2D eigenvalue weighted by molar-refractivity contribution is 7.81. The van der Waals surface area contributed by atoms with Gasteiger partial charge in [0.2, 0.25) is 5.91 Å². The van der Waals surface area contributed by atoms with Crippen LogP contribution < -0.4 is 5.32 Å². The molecule has 1 N–H and O–H groups in total. The Hall–Kier alpha value is -1.47. The van der Waals surface area contributed by atoms with E-state index in [1.54, 1.807) is 18.2 Å². The van der Waals surface area contributed by atoms with Crippen LogP contribution in [-0.2, 0) is 4.79 Å². The number of aryl methyl sites for hydroxylation is 1. The van der Waals surface area contributed by atoms with E-state index in [1.165, 1.54) is 0 Å². The fourth-order valence-electron chi connectivity index (χ4n) is 1.02. The Morgan fingerprint density at radius 2 is 2.36 bits per heavy atom. The minimum absolute atomic E-state index is 0.135. The van der Waals surface area contributed by atoms with Gasteiger partial charge in [-0.05, 0) is 24.6 Å². The average molecular weight is 206 g/mol. The lowest BCUT2D eigenvalue weighted by molar-refractivity contribution is -0.113. The van der Waals surface area contributed by atoms with Crippen molar-refractivity contribution in [2.75, 3.05) is 11.1 Å². The van der Waals surface area contributed by atoms with Crippen LogP contribution >= 0.6 is 12.6 Å². The normalized spacial score (nSPS) is 9.21. The number of nitrogens with zero attached hydrogens (tertiary/aromatic N) is 1. The first-order chi connectivity index (χ1) is 6.67. The quantitative estimate of drug-likeness (QED) is 0.724. The van der Waals surface area contributed by atoms with Crippen LogP contribution in [0.15, 0.2) is 18.2 Å². The number of rotatable bonds is 2. The van der Waals surface area contributed by atoms with Gasteiger partial charge in [-0.25, -0.2) is 0 Å². The molecule has 14 heavy (non-hydrogen) atoms. The molecular weight excluding hydrogens is 196 g/mol. The van der Waals surface area contributed by atoms with Crippen molar-refractivity contribution in [1.29, 1.82) is 5.26 Å². The molecule has 0 aromatic heterocycles. The van der Waals surface area contributed by atoms with Gasteiger partial charge in [-0.2, -0.15) is 17.9 Å². The Balaban J connectivity index is 2.91. The predicted molar refractivity (Wildman–Crippen MR) is 58.4 cm³/mol. The maximum Gasteiger partial charge on any atom is 0.234 e. The molecule has 0 radical (unpaired) electrons. The molecule has 0 unspecified atom stereocenters. The van der Waals surface area contributed by atoms with Crippen LogP contribution in [-0.4, -0.2) is 11.7 Å². The third-order valence-corrected chi connectivity index (χ3v) is 2.07. The van der Waals surface area contributed by atoms with Gasteiger partial charge in [0, 0.05) is 5.69 Å². The second kappa shape index (κ2) is 4.68. The Morgan fingerprint density at radius 1 is 1.64 bits per heavy atom. The number of amides is 1. The maximum atomic E-state index is 11.0. The van der Waals surface area contributed by atoms with E-state index in [9.17, 15) is 4.79 Å². The van der Waals surface area contributed by atoms with Gasteiger partial charge in [0.15, 0.2) is 0 Å². The standard InChI is InChI=1S/C10H10N2OS/c1-7-2-3-9(4-8(7)5-11)12-10(13)6-14/h2-4,14H,6H2,1H3,(H,12,13). The topological polar surface area (TPSA) is 52.9 Å². The summed E-state index contributed by atoms with van der Waals surface area (Å²) in [7, 11) is 0. The zero-order valence-corrected chi connectivity index (χ0v) is 8.64. The highest BCUT2D eigenvalue weighted by Crippen LogP contribution is 2.14. The molecule has 0 aliphatic carbocycles. The van der Waals surface area contributed by atoms with Crippen LogP contribution in [0.2, 0.25) is 0 Å². The summed E-state index contributed by atoms with van der Waals surface area (Å²) < 4.78 is 0. The number of hydrogen-bond acceptors (Lipinski definition) is 3. The van der Waals surface area contributed by atoms with Gasteiger partial charge in [0.05, 0.1) is 17.4 Å². The summed E-state index contributed by atoms with van der Waals surface area (Å²) in [4.78, 5) is 11.0. The molecule has 0 fully saturated rings. The van der Waals surface area contributed by atoms with E-state index in [1.807, 2.05) is 6.92 Å². The molecule has 0 bridgehead atoms. The first kappa shape index (κ1) is 10.6. The third-order valence-electron chi connectivity index (χ3n) is 1.79. The monoisotopic (exact) mass is 206 g/mol. The molecule has 3 nitrogen and oxygen atoms in total. The summed E-state index contributed by atoms with van der Waals surface area (Å²) in [5.74, 6) is -0.0449. The number of benzene rings is 1. The largest absolute Gasteiger partial charge is 0.325 e. The second-order valence-electron chi connectivity index (χ2n) is 2.85. The highest BCUT2D eigenvalue weighted by Gasteiger charge is 2.02. The lowest BCUT2D eigenvalue weighted by atomic mass is 10.1. The van der Waals surface area contributed by atoms with E-state index >= 15 is 0 Å². The van der Waals surface area contributed by atoms with Crippen molar-refractivity contribution < 1.29 is 4.79 Å². The fourth-order valence-corrected chi connectivity index (χ4v) is 1.10. The molecule has 0 aliphatic rings.